The quantitative estimate of drug-likeness (QED) is 0.358. The first-order valence-electron chi connectivity index (χ1n) is 10.3. The summed E-state index contributed by atoms with van der Waals surface area (Å²) in [7, 11) is 1.78. The topological polar surface area (TPSA) is 106 Å². The van der Waals surface area contributed by atoms with Gasteiger partial charge in [0.05, 0.1) is 5.52 Å². The lowest BCUT2D eigenvalue weighted by Crippen LogP contribution is -2.39. The van der Waals surface area contributed by atoms with Crippen molar-refractivity contribution >= 4 is 28.3 Å². The number of alkyl halides is 3. The number of rotatable bonds is 6. The second kappa shape index (κ2) is 9.06. The number of aromatic nitrogens is 3. The Balaban J connectivity index is 1.62. The highest BCUT2D eigenvalue weighted by atomic mass is 19.3. The molecule has 4 aromatic rings. The lowest BCUT2D eigenvalue weighted by molar-refractivity contribution is -0.0349. The number of carbonyl (C=O) groups is 1. The normalized spacial score (nSPS) is 13.0. The van der Waals surface area contributed by atoms with Gasteiger partial charge in [0.1, 0.15) is 11.5 Å². The molecule has 0 radical (unpaired) electrons. The van der Waals surface area contributed by atoms with Crippen LogP contribution in [0.1, 0.15) is 21.6 Å². The second-order valence-corrected chi connectivity index (χ2v) is 7.72. The maximum atomic E-state index is 14.1. The first-order chi connectivity index (χ1) is 16.2. The van der Waals surface area contributed by atoms with E-state index >= 15 is 0 Å². The summed E-state index contributed by atoms with van der Waals surface area (Å²) in [5.74, 6) is -3.37. The molecule has 4 rings (SSSR count). The summed E-state index contributed by atoms with van der Waals surface area (Å²) in [6.45, 7) is 1.92. The molecule has 0 fully saturated rings. The summed E-state index contributed by atoms with van der Waals surface area (Å²) in [6, 6.07) is 11.0. The van der Waals surface area contributed by atoms with Crippen molar-refractivity contribution in [2.45, 2.75) is 19.1 Å². The molecule has 1 atom stereocenters. The van der Waals surface area contributed by atoms with Crippen LogP contribution in [0.4, 0.5) is 24.7 Å². The average molecular weight is 466 g/mol. The van der Waals surface area contributed by atoms with Gasteiger partial charge in [0.25, 0.3) is 12.3 Å². The van der Waals surface area contributed by atoms with Gasteiger partial charge >= 0.3 is 0 Å². The Morgan fingerprint density at radius 2 is 1.85 bits per heavy atom. The molecule has 4 N–H and O–H groups in total. The van der Waals surface area contributed by atoms with Crippen LogP contribution >= 0.6 is 0 Å². The standard InChI is InChI=1S/C24H21F3N6O/c1-13-3-4-17(33-22(34)20-8-16(5-6-30-20)24(27,28)23(25)26)9-18(13)14-7-15-12-32-21(29-2)10-19(15)31-11-14/h3-12,23H,28H2,1-2H3,(H,29,32)(H,33,34). The van der Waals surface area contributed by atoms with E-state index < -0.39 is 23.7 Å². The van der Waals surface area contributed by atoms with Crippen LogP contribution in [0.3, 0.4) is 0 Å². The minimum atomic E-state index is -3.46. The van der Waals surface area contributed by atoms with Gasteiger partial charge in [0, 0.05) is 53.9 Å². The summed E-state index contributed by atoms with van der Waals surface area (Å²) in [5.41, 5.74) is 8.10. The third kappa shape index (κ3) is 4.53. The van der Waals surface area contributed by atoms with E-state index in [1.165, 1.54) is 0 Å². The number of nitrogens with zero attached hydrogens (tertiary/aromatic N) is 3. The van der Waals surface area contributed by atoms with E-state index in [2.05, 4.69) is 25.6 Å². The summed E-state index contributed by atoms with van der Waals surface area (Å²) in [6.07, 6.45) is 1.05. The van der Waals surface area contributed by atoms with Crippen molar-refractivity contribution in [3.8, 4) is 11.1 Å². The minimum absolute atomic E-state index is 0.244. The highest BCUT2D eigenvalue weighted by Gasteiger charge is 2.38. The van der Waals surface area contributed by atoms with Gasteiger partial charge in [-0.05, 0) is 48.4 Å². The maximum Gasteiger partial charge on any atom is 0.289 e. The zero-order valence-corrected chi connectivity index (χ0v) is 18.3. The molecular formula is C24H21F3N6O. The predicted octanol–water partition coefficient (Wildman–Crippen LogP) is 4.64. The molecule has 0 spiro atoms. The Hall–Kier alpha value is -4.05. The molecule has 0 aliphatic rings. The minimum Gasteiger partial charge on any atom is -0.373 e. The van der Waals surface area contributed by atoms with Crippen LogP contribution in [0.2, 0.25) is 0 Å². The first kappa shape index (κ1) is 23.1. The lowest BCUT2D eigenvalue weighted by atomic mass is 10.00. The molecule has 1 amide bonds. The smallest absolute Gasteiger partial charge is 0.289 e. The molecule has 0 aliphatic carbocycles. The summed E-state index contributed by atoms with van der Waals surface area (Å²) < 4.78 is 40.0. The fraction of sp³-hybridized carbons (Fsp3) is 0.167. The molecule has 3 aromatic heterocycles. The third-order valence-corrected chi connectivity index (χ3v) is 5.38. The summed E-state index contributed by atoms with van der Waals surface area (Å²) >= 11 is 0. The van der Waals surface area contributed by atoms with Gasteiger partial charge in [0.2, 0.25) is 5.79 Å². The maximum absolute atomic E-state index is 14.1. The molecule has 1 aromatic carbocycles. The number of halogens is 3. The first-order valence-corrected chi connectivity index (χ1v) is 10.3. The highest BCUT2D eigenvalue weighted by Crippen LogP contribution is 2.30. The SMILES string of the molecule is CNc1cc2ncc(-c3cc(NC(=O)c4cc(C(N)(F)C(F)F)ccn4)ccc3C)cc2cn1. The van der Waals surface area contributed by atoms with Crippen LogP contribution in [0, 0.1) is 6.92 Å². The molecule has 174 valence electrons. The van der Waals surface area contributed by atoms with Crippen molar-refractivity contribution in [3.63, 3.8) is 0 Å². The van der Waals surface area contributed by atoms with E-state index in [0.717, 1.165) is 45.9 Å². The number of hydrogen-bond donors (Lipinski definition) is 3. The Labute approximate surface area is 193 Å². The number of benzene rings is 1. The van der Waals surface area contributed by atoms with Crippen molar-refractivity contribution in [2.75, 3.05) is 17.7 Å². The zero-order valence-electron chi connectivity index (χ0n) is 18.3. The molecule has 0 saturated carbocycles. The number of hydrogen-bond acceptors (Lipinski definition) is 6. The fourth-order valence-electron chi connectivity index (χ4n) is 3.43. The predicted molar refractivity (Wildman–Crippen MR) is 124 cm³/mol. The Morgan fingerprint density at radius 1 is 1.06 bits per heavy atom. The molecule has 34 heavy (non-hydrogen) atoms. The van der Waals surface area contributed by atoms with Crippen molar-refractivity contribution < 1.29 is 18.0 Å². The highest BCUT2D eigenvalue weighted by molar-refractivity contribution is 6.03. The summed E-state index contributed by atoms with van der Waals surface area (Å²) in [4.78, 5) is 25.4. The molecule has 1 unspecified atom stereocenters. The van der Waals surface area contributed by atoms with E-state index in [0.29, 0.717) is 11.5 Å². The number of anilines is 2. The van der Waals surface area contributed by atoms with Gasteiger partial charge in [-0.15, -0.1) is 0 Å². The molecule has 3 heterocycles. The molecule has 0 bridgehead atoms. The zero-order chi connectivity index (χ0) is 24.5. The van der Waals surface area contributed by atoms with Crippen molar-refractivity contribution in [3.05, 3.63) is 77.9 Å². The van der Waals surface area contributed by atoms with Crippen molar-refractivity contribution in [2.24, 2.45) is 5.73 Å². The Bertz CT molecular complexity index is 1380. The number of carbonyl (C=O) groups excluding carboxylic acids is 1. The van der Waals surface area contributed by atoms with Crippen molar-refractivity contribution in [1.82, 2.24) is 15.0 Å². The Morgan fingerprint density at radius 3 is 2.59 bits per heavy atom. The largest absolute Gasteiger partial charge is 0.373 e. The van der Waals surface area contributed by atoms with E-state index in [9.17, 15) is 18.0 Å². The van der Waals surface area contributed by atoms with Gasteiger partial charge in [0.15, 0.2) is 0 Å². The van der Waals surface area contributed by atoms with E-state index in [4.69, 9.17) is 5.73 Å². The van der Waals surface area contributed by atoms with Gasteiger partial charge in [-0.3, -0.25) is 20.5 Å². The molecule has 7 nitrogen and oxygen atoms in total. The monoisotopic (exact) mass is 466 g/mol. The molecular weight excluding hydrogens is 445 g/mol. The van der Waals surface area contributed by atoms with E-state index in [1.54, 1.807) is 31.6 Å². The fourth-order valence-corrected chi connectivity index (χ4v) is 3.43. The lowest BCUT2D eigenvalue weighted by Gasteiger charge is -2.19. The molecule has 0 saturated heterocycles. The van der Waals surface area contributed by atoms with Gasteiger partial charge in [-0.2, -0.15) is 0 Å². The van der Waals surface area contributed by atoms with Crippen LogP contribution in [0.25, 0.3) is 22.0 Å². The van der Waals surface area contributed by atoms with Crippen molar-refractivity contribution in [1.29, 1.82) is 0 Å². The van der Waals surface area contributed by atoms with Crippen LogP contribution < -0.4 is 16.4 Å². The summed E-state index contributed by atoms with van der Waals surface area (Å²) in [5, 5.41) is 6.48. The number of pyridine rings is 3. The van der Waals surface area contributed by atoms with Gasteiger partial charge < -0.3 is 10.6 Å². The van der Waals surface area contributed by atoms with Crippen LogP contribution in [0.5, 0.6) is 0 Å². The number of aryl methyl sites for hydroxylation is 1. The van der Waals surface area contributed by atoms with Crippen LogP contribution in [-0.4, -0.2) is 34.3 Å². The molecule has 0 aliphatic heterocycles. The second-order valence-electron chi connectivity index (χ2n) is 7.72. The third-order valence-electron chi connectivity index (χ3n) is 5.38. The van der Waals surface area contributed by atoms with E-state index in [-0.39, 0.29) is 5.69 Å². The van der Waals surface area contributed by atoms with Gasteiger partial charge in [-0.25, -0.2) is 18.2 Å². The average Bonchev–Trinajstić information content (AvgIpc) is 2.84. The Kier molecular flexibility index (Phi) is 6.16. The number of nitrogens with one attached hydrogen (secondary N) is 2. The molecule has 10 heteroatoms. The number of amides is 1. The van der Waals surface area contributed by atoms with Gasteiger partial charge in [-0.1, -0.05) is 6.07 Å². The van der Waals surface area contributed by atoms with Crippen LogP contribution in [-0.2, 0) is 5.79 Å². The van der Waals surface area contributed by atoms with E-state index in [1.807, 2.05) is 25.1 Å². The number of nitrogens with two attached hydrogens (primary N) is 1. The van der Waals surface area contributed by atoms with Crippen LogP contribution in [0.15, 0.2) is 61.1 Å². The number of fused-ring (bicyclic) bond motifs is 1.